The number of amides is 4. The summed E-state index contributed by atoms with van der Waals surface area (Å²) in [5, 5.41) is 2.59. The fourth-order valence-electron chi connectivity index (χ4n) is 2.70. The van der Waals surface area contributed by atoms with Crippen LogP contribution >= 0.6 is 0 Å². The Morgan fingerprint density at radius 1 is 1.36 bits per heavy atom. The van der Waals surface area contributed by atoms with Gasteiger partial charge in [0.05, 0.1) is 7.11 Å². The molecule has 1 fully saturated rings. The van der Waals surface area contributed by atoms with Crippen LogP contribution in [0, 0.1) is 5.92 Å². The van der Waals surface area contributed by atoms with Gasteiger partial charge in [0.1, 0.15) is 12.3 Å². The van der Waals surface area contributed by atoms with Gasteiger partial charge in [0.2, 0.25) is 11.8 Å². The number of carbonyl (C=O) groups is 3. The molecule has 7 nitrogen and oxygen atoms in total. The third kappa shape index (κ3) is 5.20. The Hall–Kier alpha value is -2.57. The molecule has 136 valence electrons. The number of rotatable bonds is 7. The summed E-state index contributed by atoms with van der Waals surface area (Å²) in [6.45, 7) is 5.07. The normalized spacial score (nSPS) is 14.5. The Balaban J connectivity index is 2.11. The number of benzene rings is 1. The molecule has 0 aromatic heterocycles. The number of methoxy groups -OCH3 is 1. The monoisotopic (exact) mass is 347 g/mol. The Morgan fingerprint density at radius 3 is 2.76 bits per heavy atom. The van der Waals surface area contributed by atoms with Gasteiger partial charge < -0.3 is 15.0 Å². The second kappa shape index (κ2) is 8.50. The lowest BCUT2D eigenvalue weighted by Crippen LogP contribution is -2.53. The average Bonchev–Trinajstić information content (AvgIpc) is 2.57. The van der Waals surface area contributed by atoms with E-state index in [1.807, 2.05) is 38.1 Å². The van der Waals surface area contributed by atoms with Gasteiger partial charge in [-0.1, -0.05) is 26.0 Å². The minimum absolute atomic E-state index is 0.221. The molecule has 2 rings (SSSR count). The van der Waals surface area contributed by atoms with Gasteiger partial charge in [0.15, 0.2) is 0 Å². The summed E-state index contributed by atoms with van der Waals surface area (Å²) in [6, 6.07) is 7.00. The summed E-state index contributed by atoms with van der Waals surface area (Å²) >= 11 is 0. The summed E-state index contributed by atoms with van der Waals surface area (Å²) < 4.78 is 5.22. The third-order valence-electron chi connectivity index (χ3n) is 3.90. The van der Waals surface area contributed by atoms with E-state index in [1.54, 1.807) is 12.0 Å². The van der Waals surface area contributed by atoms with Gasteiger partial charge in [-0.25, -0.2) is 4.79 Å². The number of nitrogens with zero attached hydrogens (tertiary/aromatic N) is 2. The number of hydrogen-bond donors (Lipinski definition) is 1. The van der Waals surface area contributed by atoms with Crippen LogP contribution in [0.4, 0.5) is 4.79 Å². The predicted molar refractivity (Wildman–Crippen MR) is 93.0 cm³/mol. The molecule has 0 bridgehead atoms. The van der Waals surface area contributed by atoms with Crippen molar-refractivity contribution < 1.29 is 19.1 Å². The van der Waals surface area contributed by atoms with E-state index < -0.39 is 6.03 Å². The van der Waals surface area contributed by atoms with Gasteiger partial charge in [0, 0.05) is 26.1 Å². The number of ether oxygens (including phenoxy) is 1. The maximum absolute atomic E-state index is 12.7. The minimum Gasteiger partial charge on any atom is -0.497 e. The number of imide groups is 1. The summed E-state index contributed by atoms with van der Waals surface area (Å²) in [5.41, 5.74) is 0.933. The highest BCUT2D eigenvalue weighted by molar-refractivity contribution is 6.00. The van der Waals surface area contributed by atoms with Crippen molar-refractivity contribution in [3.8, 4) is 5.75 Å². The highest BCUT2D eigenvalue weighted by Crippen LogP contribution is 2.16. The quantitative estimate of drug-likeness (QED) is 0.813. The highest BCUT2D eigenvalue weighted by Gasteiger charge is 2.29. The summed E-state index contributed by atoms with van der Waals surface area (Å²) in [5.74, 6) is 0.422. The summed E-state index contributed by atoms with van der Waals surface area (Å²) in [7, 11) is 1.59. The first-order chi connectivity index (χ1) is 11.9. The second-order valence-electron chi connectivity index (χ2n) is 6.48. The van der Waals surface area contributed by atoms with E-state index in [0.29, 0.717) is 19.6 Å². The van der Waals surface area contributed by atoms with Crippen LogP contribution in [0.3, 0.4) is 0 Å². The third-order valence-corrected chi connectivity index (χ3v) is 3.90. The van der Waals surface area contributed by atoms with Crippen molar-refractivity contribution in [1.82, 2.24) is 15.1 Å². The molecular weight excluding hydrogens is 322 g/mol. The lowest BCUT2D eigenvalue weighted by Gasteiger charge is -2.30. The van der Waals surface area contributed by atoms with Crippen LogP contribution in [-0.4, -0.2) is 54.4 Å². The van der Waals surface area contributed by atoms with Crippen LogP contribution in [0.1, 0.15) is 25.8 Å². The fourth-order valence-corrected chi connectivity index (χ4v) is 2.70. The zero-order chi connectivity index (χ0) is 18.4. The van der Waals surface area contributed by atoms with Crippen LogP contribution in [0.5, 0.6) is 5.75 Å². The van der Waals surface area contributed by atoms with Crippen molar-refractivity contribution >= 4 is 17.8 Å². The highest BCUT2D eigenvalue weighted by atomic mass is 16.5. The molecule has 1 aromatic carbocycles. The molecule has 0 saturated carbocycles. The summed E-state index contributed by atoms with van der Waals surface area (Å²) in [4.78, 5) is 39.1. The molecule has 25 heavy (non-hydrogen) atoms. The molecule has 1 saturated heterocycles. The molecular formula is C18H25N3O4. The topological polar surface area (TPSA) is 79.0 Å². The van der Waals surface area contributed by atoms with Crippen molar-refractivity contribution in [2.45, 2.75) is 26.8 Å². The molecule has 0 unspecified atom stereocenters. The first-order valence-electron chi connectivity index (χ1n) is 8.39. The number of hydrogen-bond acceptors (Lipinski definition) is 4. The minimum atomic E-state index is -0.504. The van der Waals surface area contributed by atoms with Crippen LogP contribution in [0.15, 0.2) is 24.3 Å². The average molecular weight is 347 g/mol. The fraction of sp³-hybridized carbons (Fsp3) is 0.500. The Kier molecular flexibility index (Phi) is 6.38. The first kappa shape index (κ1) is 18.8. The lowest BCUT2D eigenvalue weighted by atomic mass is 10.1. The molecule has 7 heteroatoms. The SMILES string of the molecule is COc1cccc(CN(CC(C)C)C(=O)CN2C(=O)CCNC2=O)c1. The predicted octanol–water partition coefficient (Wildman–Crippen LogP) is 1.62. The van der Waals surface area contributed by atoms with E-state index >= 15 is 0 Å². The van der Waals surface area contributed by atoms with Crippen molar-refractivity contribution in [2.75, 3.05) is 26.7 Å². The molecule has 0 spiro atoms. The van der Waals surface area contributed by atoms with Gasteiger partial charge in [0.25, 0.3) is 0 Å². The largest absolute Gasteiger partial charge is 0.497 e. The molecule has 0 radical (unpaired) electrons. The smallest absolute Gasteiger partial charge is 0.324 e. The van der Waals surface area contributed by atoms with Crippen molar-refractivity contribution in [3.05, 3.63) is 29.8 Å². The molecule has 1 N–H and O–H groups in total. The Morgan fingerprint density at radius 2 is 2.12 bits per heavy atom. The molecule has 0 aliphatic carbocycles. The van der Waals surface area contributed by atoms with E-state index in [1.165, 1.54) is 0 Å². The Labute approximate surface area is 147 Å². The number of urea groups is 1. The van der Waals surface area contributed by atoms with Gasteiger partial charge in [-0.15, -0.1) is 0 Å². The zero-order valence-electron chi connectivity index (χ0n) is 14.9. The zero-order valence-corrected chi connectivity index (χ0v) is 14.9. The number of carbonyl (C=O) groups excluding carboxylic acids is 3. The molecule has 0 atom stereocenters. The summed E-state index contributed by atoms with van der Waals surface area (Å²) in [6.07, 6.45) is 0.221. The molecule has 1 aromatic rings. The van der Waals surface area contributed by atoms with Crippen LogP contribution < -0.4 is 10.1 Å². The van der Waals surface area contributed by atoms with Crippen molar-refractivity contribution in [3.63, 3.8) is 0 Å². The van der Waals surface area contributed by atoms with Crippen LogP contribution in [0.2, 0.25) is 0 Å². The second-order valence-corrected chi connectivity index (χ2v) is 6.48. The van der Waals surface area contributed by atoms with Crippen LogP contribution in [0.25, 0.3) is 0 Å². The van der Waals surface area contributed by atoms with Gasteiger partial charge in [-0.2, -0.15) is 0 Å². The van der Waals surface area contributed by atoms with Gasteiger partial charge >= 0.3 is 6.03 Å². The van der Waals surface area contributed by atoms with E-state index in [2.05, 4.69) is 5.32 Å². The standard InChI is InChI=1S/C18H25N3O4/c1-13(2)10-20(11-14-5-4-6-15(9-14)25-3)17(23)12-21-16(22)7-8-19-18(21)24/h4-6,9,13H,7-8,10-12H2,1-3H3,(H,19,24). The van der Waals surface area contributed by atoms with E-state index in [9.17, 15) is 14.4 Å². The maximum Gasteiger partial charge on any atom is 0.324 e. The van der Waals surface area contributed by atoms with Crippen LogP contribution in [-0.2, 0) is 16.1 Å². The number of nitrogens with one attached hydrogen (secondary N) is 1. The van der Waals surface area contributed by atoms with Gasteiger partial charge in [-0.3, -0.25) is 14.5 Å². The van der Waals surface area contributed by atoms with E-state index in [0.717, 1.165) is 16.2 Å². The van der Waals surface area contributed by atoms with E-state index in [-0.39, 0.29) is 30.7 Å². The first-order valence-corrected chi connectivity index (χ1v) is 8.39. The lowest BCUT2D eigenvalue weighted by molar-refractivity contribution is -0.139. The maximum atomic E-state index is 12.7. The van der Waals surface area contributed by atoms with Gasteiger partial charge in [-0.05, 0) is 23.6 Å². The van der Waals surface area contributed by atoms with Crippen molar-refractivity contribution in [2.24, 2.45) is 5.92 Å². The Bertz CT molecular complexity index is 629. The molecule has 1 aliphatic heterocycles. The molecule has 1 aliphatic rings. The molecule has 1 heterocycles. The van der Waals surface area contributed by atoms with E-state index in [4.69, 9.17) is 4.74 Å². The molecule has 4 amide bonds. The van der Waals surface area contributed by atoms with Crippen molar-refractivity contribution in [1.29, 1.82) is 0 Å².